The van der Waals surface area contributed by atoms with Gasteiger partial charge < -0.3 is 15.0 Å². The number of hydrogen-bond donors (Lipinski definition) is 1. The number of halogens is 2. The average Bonchev–Trinajstić information content (AvgIpc) is 2.49. The Labute approximate surface area is 156 Å². The highest BCUT2D eigenvalue weighted by molar-refractivity contribution is 14.0. The molecular formula is C16H27ClIN3O. The third kappa shape index (κ3) is 8.80. The van der Waals surface area contributed by atoms with E-state index in [0.717, 1.165) is 50.1 Å². The van der Waals surface area contributed by atoms with Crippen LogP contribution in [-0.4, -0.2) is 44.7 Å². The van der Waals surface area contributed by atoms with Crippen LogP contribution in [0, 0.1) is 0 Å². The standard InChI is InChI=1S/C16H26ClN3O.HI/c1-4-21-12-6-5-11-19-16(18-2)20(3)13-14-7-9-15(17)10-8-14;/h7-10H,4-6,11-13H2,1-3H3,(H,18,19);1H. The Balaban J connectivity index is 0.00000441. The summed E-state index contributed by atoms with van der Waals surface area (Å²) >= 11 is 5.90. The molecule has 22 heavy (non-hydrogen) atoms. The smallest absolute Gasteiger partial charge is 0.193 e. The fraction of sp³-hybridized carbons (Fsp3) is 0.562. The highest BCUT2D eigenvalue weighted by Crippen LogP contribution is 2.10. The van der Waals surface area contributed by atoms with Crippen LogP contribution in [0.4, 0.5) is 0 Å². The zero-order valence-corrected chi connectivity index (χ0v) is 16.7. The van der Waals surface area contributed by atoms with Gasteiger partial charge in [-0.2, -0.15) is 0 Å². The van der Waals surface area contributed by atoms with Crippen LogP contribution in [0.1, 0.15) is 25.3 Å². The molecule has 0 atom stereocenters. The Kier molecular flexibility index (Phi) is 12.6. The molecule has 0 heterocycles. The number of nitrogens with one attached hydrogen (secondary N) is 1. The SMILES string of the molecule is CCOCCCCNC(=NC)N(C)Cc1ccc(Cl)cc1.I. The lowest BCUT2D eigenvalue weighted by atomic mass is 10.2. The van der Waals surface area contributed by atoms with Crippen LogP contribution in [0.5, 0.6) is 0 Å². The molecule has 0 saturated heterocycles. The fourth-order valence-electron chi connectivity index (χ4n) is 2.00. The van der Waals surface area contributed by atoms with Crippen LogP contribution in [0.2, 0.25) is 5.02 Å². The molecular weight excluding hydrogens is 413 g/mol. The zero-order valence-electron chi connectivity index (χ0n) is 13.6. The summed E-state index contributed by atoms with van der Waals surface area (Å²) in [5, 5.41) is 4.13. The van der Waals surface area contributed by atoms with E-state index in [1.54, 1.807) is 7.05 Å². The van der Waals surface area contributed by atoms with Gasteiger partial charge in [-0.05, 0) is 37.5 Å². The summed E-state index contributed by atoms with van der Waals surface area (Å²) in [5.41, 5.74) is 1.21. The van der Waals surface area contributed by atoms with Crippen molar-refractivity contribution in [2.45, 2.75) is 26.3 Å². The minimum absolute atomic E-state index is 0. The molecule has 0 aliphatic heterocycles. The Bertz CT molecular complexity index is 426. The topological polar surface area (TPSA) is 36.9 Å². The van der Waals surface area contributed by atoms with E-state index in [4.69, 9.17) is 16.3 Å². The van der Waals surface area contributed by atoms with Gasteiger partial charge in [-0.25, -0.2) is 0 Å². The van der Waals surface area contributed by atoms with Gasteiger partial charge in [0.1, 0.15) is 0 Å². The van der Waals surface area contributed by atoms with Gasteiger partial charge in [-0.3, -0.25) is 4.99 Å². The third-order valence-corrected chi connectivity index (χ3v) is 3.36. The molecule has 126 valence electrons. The first-order chi connectivity index (χ1) is 10.2. The van der Waals surface area contributed by atoms with Gasteiger partial charge >= 0.3 is 0 Å². The van der Waals surface area contributed by atoms with Gasteiger partial charge in [0.25, 0.3) is 0 Å². The number of hydrogen-bond acceptors (Lipinski definition) is 2. The Hall–Kier alpha value is -0.530. The van der Waals surface area contributed by atoms with E-state index in [1.165, 1.54) is 5.56 Å². The van der Waals surface area contributed by atoms with E-state index in [9.17, 15) is 0 Å². The summed E-state index contributed by atoms with van der Waals surface area (Å²) in [6, 6.07) is 7.89. The Morgan fingerprint density at radius 1 is 1.27 bits per heavy atom. The van der Waals surface area contributed by atoms with Crippen LogP contribution < -0.4 is 5.32 Å². The molecule has 0 aliphatic carbocycles. The van der Waals surface area contributed by atoms with Crippen molar-refractivity contribution in [3.05, 3.63) is 34.9 Å². The van der Waals surface area contributed by atoms with Crippen LogP contribution >= 0.6 is 35.6 Å². The molecule has 0 aliphatic rings. The van der Waals surface area contributed by atoms with E-state index in [0.29, 0.717) is 0 Å². The maximum absolute atomic E-state index is 5.90. The molecule has 6 heteroatoms. The van der Waals surface area contributed by atoms with Gasteiger partial charge in [0.15, 0.2) is 5.96 Å². The first kappa shape index (κ1) is 21.5. The normalized spacial score (nSPS) is 11.0. The molecule has 1 aromatic rings. The second-order valence-electron chi connectivity index (χ2n) is 4.86. The Morgan fingerprint density at radius 3 is 2.55 bits per heavy atom. The van der Waals surface area contributed by atoms with Gasteiger partial charge in [0.2, 0.25) is 0 Å². The van der Waals surface area contributed by atoms with E-state index in [1.807, 2.05) is 38.2 Å². The summed E-state index contributed by atoms with van der Waals surface area (Å²) in [6.07, 6.45) is 2.15. The number of nitrogens with zero attached hydrogens (tertiary/aromatic N) is 2. The van der Waals surface area contributed by atoms with Gasteiger partial charge in [-0.15, -0.1) is 24.0 Å². The molecule has 1 aromatic carbocycles. The molecule has 0 unspecified atom stereocenters. The highest BCUT2D eigenvalue weighted by Gasteiger charge is 2.06. The number of benzene rings is 1. The van der Waals surface area contributed by atoms with Crippen molar-refractivity contribution in [3.63, 3.8) is 0 Å². The average molecular weight is 440 g/mol. The quantitative estimate of drug-likeness (QED) is 0.290. The van der Waals surface area contributed by atoms with E-state index in [2.05, 4.69) is 15.2 Å². The third-order valence-electron chi connectivity index (χ3n) is 3.11. The van der Waals surface area contributed by atoms with Crippen molar-refractivity contribution in [1.29, 1.82) is 0 Å². The summed E-state index contributed by atoms with van der Waals surface area (Å²) in [6.45, 7) is 5.35. The molecule has 1 N–H and O–H groups in total. The molecule has 0 fully saturated rings. The minimum Gasteiger partial charge on any atom is -0.382 e. The second kappa shape index (κ2) is 13.0. The Morgan fingerprint density at radius 2 is 1.95 bits per heavy atom. The summed E-state index contributed by atoms with van der Waals surface area (Å²) < 4.78 is 5.32. The van der Waals surface area contributed by atoms with Crippen molar-refractivity contribution in [1.82, 2.24) is 10.2 Å². The zero-order chi connectivity index (χ0) is 15.5. The van der Waals surface area contributed by atoms with Crippen molar-refractivity contribution in [3.8, 4) is 0 Å². The van der Waals surface area contributed by atoms with Crippen LogP contribution in [0.25, 0.3) is 0 Å². The lowest BCUT2D eigenvalue weighted by Gasteiger charge is -2.22. The number of aliphatic imine (C=N–C) groups is 1. The van der Waals surface area contributed by atoms with E-state index >= 15 is 0 Å². The second-order valence-corrected chi connectivity index (χ2v) is 5.30. The maximum atomic E-state index is 5.90. The van der Waals surface area contributed by atoms with Gasteiger partial charge in [0.05, 0.1) is 0 Å². The molecule has 0 aromatic heterocycles. The molecule has 0 radical (unpaired) electrons. The molecule has 0 bridgehead atoms. The lowest BCUT2D eigenvalue weighted by molar-refractivity contribution is 0.143. The number of unbranched alkanes of at least 4 members (excludes halogenated alkanes) is 1. The van der Waals surface area contributed by atoms with Crippen LogP contribution in [0.3, 0.4) is 0 Å². The largest absolute Gasteiger partial charge is 0.382 e. The molecule has 4 nitrogen and oxygen atoms in total. The minimum atomic E-state index is 0. The monoisotopic (exact) mass is 439 g/mol. The summed E-state index contributed by atoms with van der Waals surface area (Å²) in [5.74, 6) is 0.904. The summed E-state index contributed by atoms with van der Waals surface area (Å²) in [7, 11) is 3.84. The van der Waals surface area contributed by atoms with Crippen molar-refractivity contribution in [2.75, 3.05) is 33.9 Å². The van der Waals surface area contributed by atoms with Crippen molar-refractivity contribution in [2.24, 2.45) is 4.99 Å². The lowest BCUT2D eigenvalue weighted by Crippen LogP contribution is -2.38. The predicted octanol–water partition coefficient (Wildman–Crippen LogP) is 3.78. The van der Waals surface area contributed by atoms with E-state index < -0.39 is 0 Å². The first-order valence-electron chi connectivity index (χ1n) is 7.41. The van der Waals surface area contributed by atoms with E-state index in [-0.39, 0.29) is 24.0 Å². The number of rotatable bonds is 8. The van der Waals surface area contributed by atoms with Gasteiger partial charge in [-0.1, -0.05) is 23.7 Å². The fourth-order valence-corrected chi connectivity index (χ4v) is 2.12. The van der Waals surface area contributed by atoms with Gasteiger partial charge in [0, 0.05) is 45.4 Å². The molecule has 0 spiro atoms. The maximum Gasteiger partial charge on any atom is 0.193 e. The van der Waals surface area contributed by atoms with Crippen LogP contribution in [-0.2, 0) is 11.3 Å². The van der Waals surface area contributed by atoms with Crippen LogP contribution in [0.15, 0.2) is 29.3 Å². The molecule has 1 rings (SSSR count). The summed E-state index contributed by atoms with van der Waals surface area (Å²) in [4.78, 5) is 6.41. The number of ether oxygens (including phenoxy) is 1. The number of guanidine groups is 1. The predicted molar refractivity (Wildman–Crippen MR) is 105 cm³/mol. The molecule has 0 amide bonds. The first-order valence-corrected chi connectivity index (χ1v) is 7.79. The highest BCUT2D eigenvalue weighted by atomic mass is 127. The van der Waals surface area contributed by atoms with Crippen molar-refractivity contribution < 1.29 is 4.74 Å². The van der Waals surface area contributed by atoms with Crippen molar-refractivity contribution >= 4 is 41.5 Å². The molecule has 0 saturated carbocycles.